The summed E-state index contributed by atoms with van der Waals surface area (Å²) >= 11 is 0. The van der Waals surface area contributed by atoms with Crippen molar-refractivity contribution in [3.63, 3.8) is 0 Å². The van der Waals surface area contributed by atoms with Crippen LogP contribution < -0.4 is 0 Å². The predicted molar refractivity (Wildman–Crippen MR) is 73.3 cm³/mol. The van der Waals surface area contributed by atoms with Gasteiger partial charge in [-0.1, -0.05) is 25.8 Å². The monoisotopic (exact) mass is 241 g/mol. The normalized spacial score (nSPS) is 10.7. The summed E-state index contributed by atoms with van der Waals surface area (Å²) in [7, 11) is 0. The molecule has 0 saturated heterocycles. The zero-order valence-electron chi connectivity index (χ0n) is 11.1. The van der Waals surface area contributed by atoms with Gasteiger partial charge in [-0.05, 0) is 31.0 Å². The van der Waals surface area contributed by atoms with Crippen molar-refractivity contribution in [2.75, 3.05) is 0 Å². The van der Waals surface area contributed by atoms with Crippen molar-refractivity contribution < 1.29 is 0 Å². The SMILES string of the molecule is CCCCCn1c(CC#N)nc2cc(C)ccc21. The molecule has 0 saturated carbocycles. The number of nitrogens with zero attached hydrogens (tertiary/aromatic N) is 3. The standard InChI is InChI=1S/C15H19N3/c1-3-4-5-10-18-14-7-6-12(2)11-13(14)17-15(18)8-9-16/h6-7,11H,3-5,8,10H2,1-2H3. The first-order chi connectivity index (χ1) is 8.76. The number of aryl methyl sites for hydroxylation is 2. The third kappa shape index (κ3) is 2.53. The second-order valence-corrected chi connectivity index (χ2v) is 4.71. The summed E-state index contributed by atoms with van der Waals surface area (Å²) in [6, 6.07) is 8.52. The molecule has 94 valence electrons. The first-order valence-electron chi connectivity index (χ1n) is 6.59. The lowest BCUT2D eigenvalue weighted by molar-refractivity contribution is 0.598. The van der Waals surface area contributed by atoms with Crippen LogP contribution in [0.2, 0.25) is 0 Å². The van der Waals surface area contributed by atoms with Crippen molar-refractivity contribution in [2.45, 2.75) is 46.1 Å². The summed E-state index contributed by atoms with van der Waals surface area (Å²) in [6.45, 7) is 5.23. The second kappa shape index (κ2) is 5.68. The summed E-state index contributed by atoms with van der Waals surface area (Å²) in [5, 5.41) is 8.89. The zero-order chi connectivity index (χ0) is 13.0. The molecule has 0 aliphatic heterocycles. The molecule has 1 aromatic heterocycles. The van der Waals surface area contributed by atoms with E-state index in [1.165, 1.54) is 18.4 Å². The highest BCUT2D eigenvalue weighted by Gasteiger charge is 2.09. The summed E-state index contributed by atoms with van der Waals surface area (Å²) in [5.74, 6) is 0.897. The number of unbranched alkanes of at least 4 members (excludes halogenated alkanes) is 2. The molecular formula is C15H19N3. The zero-order valence-corrected chi connectivity index (χ0v) is 11.1. The van der Waals surface area contributed by atoms with Crippen molar-refractivity contribution in [2.24, 2.45) is 0 Å². The van der Waals surface area contributed by atoms with E-state index in [2.05, 4.69) is 47.7 Å². The molecular weight excluding hydrogens is 222 g/mol. The highest BCUT2D eigenvalue weighted by atomic mass is 15.1. The molecule has 0 bridgehead atoms. The van der Waals surface area contributed by atoms with Gasteiger partial charge >= 0.3 is 0 Å². The maximum atomic E-state index is 8.89. The van der Waals surface area contributed by atoms with E-state index in [1.54, 1.807) is 0 Å². The molecule has 18 heavy (non-hydrogen) atoms. The molecule has 0 aliphatic rings. The fourth-order valence-electron chi connectivity index (χ4n) is 2.26. The van der Waals surface area contributed by atoms with Crippen molar-refractivity contribution >= 4 is 11.0 Å². The topological polar surface area (TPSA) is 41.6 Å². The van der Waals surface area contributed by atoms with Gasteiger partial charge < -0.3 is 4.57 Å². The Balaban J connectivity index is 2.39. The molecule has 3 nitrogen and oxygen atoms in total. The van der Waals surface area contributed by atoms with E-state index in [9.17, 15) is 0 Å². The maximum Gasteiger partial charge on any atom is 0.124 e. The van der Waals surface area contributed by atoms with E-state index in [4.69, 9.17) is 5.26 Å². The minimum Gasteiger partial charge on any atom is -0.327 e. The third-order valence-corrected chi connectivity index (χ3v) is 3.21. The highest BCUT2D eigenvalue weighted by molar-refractivity contribution is 5.77. The average Bonchev–Trinajstić information content (AvgIpc) is 2.67. The Hall–Kier alpha value is -1.82. The molecule has 0 N–H and O–H groups in total. The van der Waals surface area contributed by atoms with Crippen LogP contribution in [0.4, 0.5) is 0 Å². The van der Waals surface area contributed by atoms with Gasteiger partial charge in [-0.15, -0.1) is 0 Å². The molecule has 2 aromatic rings. The Bertz CT molecular complexity index is 575. The summed E-state index contributed by atoms with van der Waals surface area (Å²) < 4.78 is 2.20. The van der Waals surface area contributed by atoms with Crippen LogP contribution in [0.5, 0.6) is 0 Å². The van der Waals surface area contributed by atoms with Crippen LogP contribution in [-0.4, -0.2) is 9.55 Å². The van der Waals surface area contributed by atoms with Crippen LogP contribution in [0.25, 0.3) is 11.0 Å². The number of hydrogen-bond acceptors (Lipinski definition) is 2. The van der Waals surface area contributed by atoms with E-state index >= 15 is 0 Å². The molecule has 0 amide bonds. The Morgan fingerprint density at radius 3 is 2.89 bits per heavy atom. The van der Waals surface area contributed by atoms with Crippen LogP contribution in [0.15, 0.2) is 18.2 Å². The van der Waals surface area contributed by atoms with Gasteiger partial charge in [0.1, 0.15) is 5.82 Å². The van der Waals surface area contributed by atoms with E-state index in [0.717, 1.165) is 29.8 Å². The van der Waals surface area contributed by atoms with Gasteiger partial charge in [0.25, 0.3) is 0 Å². The van der Waals surface area contributed by atoms with Crippen LogP contribution in [-0.2, 0) is 13.0 Å². The molecule has 1 heterocycles. The molecule has 0 fully saturated rings. The van der Waals surface area contributed by atoms with Crippen LogP contribution in [0.3, 0.4) is 0 Å². The second-order valence-electron chi connectivity index (χ2n) is 4.71. The first kappa shape index (κ1) is 12.6. The number of hydrogen-bond donors (Lipinski definition) is 0. The minimum absolute atomic E-state index is 0.389. The van der Waals surface area contributed by atoms with Gasteiger partial charge in [0, 0.05) is 6.54 Å². The Kier molecular flexibility index (Phi) is 3.99. The molecule has 0 atom stereocenters. The van der Waals surface area contributed by atoms with Crippen molar-refractivity contribution in [3.05, 3.63) is 29.6 Å². The number of benzene rings is 1. The number of aromatic nitrogens is 2. The average molecular weight is 241 g/mol. The lowest BCUT2D eigenvalue weighted by atomic mass is 10.2. The van der Waals surface area contributed by atoms with Crippen LogP contribution in [0.1, 0.15) is 37.6 Å². The quantitative estimate of drug-likeness (QED) is 0.750. The van der Waals surface area contributed by atoms with Gasteiger partial charge in [0.2, 0.25) is 0 Å². The summed E-state index contributed by atoms with van der Waals surface area (Å²) in [6.07, 6.45) is 3.96. The van der Waals surface area contributed by atoms with Crippen molar-refractivity contribution in [3.8, 4) is 6.07 Å². The molecule has 0 radical (unpaired) electrons. The molecule has 1 aromatic carbocycles. The molecule has 0 spiro atoms. The smallest absolute Gasteiger partial charge is 0.124 e. The largest absolute Gasteiger partial charge is 0.327 e. The van der Waals surface area contributed by atoms with E-state index < -0.39 is 0 Å². The van der Waals surface area contributed by atoms with Gasteiger partial charge in [-0.2, -0.15) is 5.26 Å². The van der Waals surface area contributed by atoms with Crippen LogP contribution >= 0.6 is 0 Å². The third-order valence-electron chi connectivity index (χ3n) is 3.21. The molecule has 0 aliphatic carbocycles. The Morgan fingerprint density at radius 1 is 1.33 bits per heavy atom. The number of fused-ring (bicyclic) bond motifs is 1. The molecule has 0 unspecified atom stereocenters. The van der Waals surface area contributed by atoms with Crippen molar-refractivity contribution in [1.82, 2.24) is 9.55 Å². The molecule has 3 heteroatoms. The first-order valence-corrected chi connectivity index (χ1v) is 6.59. The van der Waals surface area contributed by atoms with Gasteiger partial charge in [0.05, 0.1) is 23.5 Å². The highest BCUT2D eigenvalue weighted by Crippen LogP contribution is 2.19. The van der Waals surface area contributed by atoms with E-state index in [-0.39, 0.29) is 0 Å². The lowest BCUT2D eigenvalue weighted by Gasteiger charge is -2.06. The summed E-state index contributed by atoms with van der Waals surface area (Å²) in [5.41, 5.74) is 3.38. The maximum absolute atomic E-state index is 8.89. The van der Waals surface area contributed by atoms with Gasteiger partial charge in [-0.3, -0.25) is 0 Å². The van der Waals surface area contributed by atoms with Crippen molar-refractivity contribution in [1.29, 1.82) is 5.26 Å². The van der Waals surface area contributed by atoms with Crippen LogP contribution in [0, 0.1) is 18.3 Å². The number of nitriles is 1. The van der Waals surface area contributed by atoms with Gasteiger partial charge in [0.15, 0.2) is 0 Å². The molecule has 2 rings (SSSR count). The fraction of sp³-hybridized carbons (Fsp3) is 0.467. The number of rotatable bonds is 5. The predicted octanol–water partition coefficient (Wildman–Crippen LogP) is 3.60. The minimum atomic E-state index is 0.389. The Labute approximate surface area is 108 Å². The summed E-state index contributed by atoms with van der Waals surface area (Å²) in [4.78, 5) is 4.58. The van der Waals surface area contributed by atoms with E-state index in [1.807, 2.05) is 0 Å². The fourth-order valence-corrected chi connectivity index (χ4v) is 2.26. The van der Waals surface area contributed by atoms with E-state index in [0.29, 0.717) is 6.42 Å². The van der Waals surface area contributed by atoms with Gasteiger partial charge in [-0.25, -0.2) is 4.98 Å². The Morgan fingerprint density at radius 2 is 2.17 bits per heavy atom. The lowest BCUT2D eigenvalue weighted by Crippen LogP contribution is -2.03. The number of imidazole rings is 1.